The molecule has 1 aliphatic rings. The van der Waals surface area contributed by atoms with Crippen molar-refractivity contribution in [1.82, 2.24) is 0 Å². The average Bonchev–Trinajstić information content (AvgIpc) is 3.00. The molecule has 1 aromatic heterocycles. The monoisotopic (exact) mass is 385 g/mol. The van der Waals surface area contributed by atoms with Crippen molar-refractivity contribution in [3.8, 4) is 17.6 Å². The Balaban J connectivity index is 2.28. The van der Waals surface area contributed by atoms with Crippen molar-refractivity contribution in [2.24, 2.45) is 0 Å². The van der Waals surface area contributed by atoms with E-state index in [0.29, 0.717) is 38.9 Å². The van der Waals surface area contributed by atoms with Crippen molar-refractivity contribution in [3.05, 3.63) is 45.5 Å². The number of thiophene rings is 1. The number of fused-ring (bicyclic) bond motifs is 1. The molecule has 1 unspecified atom stereocenters. The topological polar surface area (TPSA) is 107 Å². The molecule has 0 saturated carbocycles. The van der Waals surface area contributed by atoms with E-state index in [4.69, 9.17) is 19.9 Å². The predicted octanol–water partition coefficient (Wildman–Crippen LogP) is 3.22. The van der Waals surface area contributed by atoms with E-state index in [2.05, 4.69) is 11.4 Å². The Kier molecular flexibility index (Phi) is 4.97. The van der Waals surface area contributed by atoms with E-state index in [-0.39, 0.29) is 0 Å². The van der Waals surface area contributed by atoms with Crippen LogP contribution in [0.4, 0.5) is 10.7 Å². The fraction of sp³-hybridized carbons (Fsp3) is 0.263. The van der Waals surface area contributed by atoms with Gasteiger partial charge in [-0.25, -0.2) is 4.79 Å². The average molecular weight is 385 g/mol. The van der Waals surface area contributed by atoms with Gasteiger partial charge in [0.15, 0.2) is 11.5 Å². The van der Waals surface area contributed by atoms with Gasteiger partial charge in [-0.1, -0.05) is 6.07 Å². The van der Waals surface area contributed by atoms with E-state index in [0.717, 1.165) is 10.6 Å². The highest BCUT2D eigenvalue weighted by Gasteiger charge is 2.37. The number of anilines is 2. The molecule has 2 aromatic rings. The summed E-state index contributed by atoms with van der Waals surface area (Å²) in [6.07, 6.45) is 0. The van der Waals surface area contributed by atoms with Gasteiger partial charge in [-0.3, -0.25) is 0 Å². The molecule has 1 atom stereocenters. The molecule has 3 rings (SSSR count). The molecule has 140 valence electrons. The van der Waals surface area contributed by atoms with Crippen LogP contribution >= 0.6 is 11.3 Å². The summed E-state index contributed by atoms with van der Waals surface area (Å²) in [7, 11) is 4.44. The number of hydrogen-bond donors (Lipinski definition) is 2. The van der Waals surface area contributed by atoms with Gasteiger partial charge in [0.25, 0.3) is 0 Å². The Morgan fingerprint density at radius 3 is 2.56 bits per heavy atom. The minimum atomic E-state index is -0.494. The fourth-order valence-corrected chi connectivity index (χ4v) is 4.28. The highest BCUT2D eigenvalue weighted by atomic mass is 32.1. The number of hydrogen-bond acceptors (Lipinski definition) is 8. The maximum atomic E-state index is 12.6. The smallest absolute Gasteiger partial charge is 0.336 e. The van der Waals surface area contributed by atoms with Gasteiger partial charge in [0, 0.05) is 17.2 Å². The number of benzene rings is 1. The Hall–Kier alpha value is -3.18. The van der Waals surface area contributed by atoms with Gasteiger partial charge >= 0.3 is 5.97 Å². The number of ether oxygens (including phenoxy) is 3. The first-order chi connectivity index (χ1) is 13.0. The van der Waals surface area contributed by atoms with Gasteiger partial charge in [0.2, 0.25) is 0 Å². The highest BCUT2D eigenvalue weighted by Crippen LogP contribution is 2.50. The SMILES string of the molecule is COC(=O)C1=C(C)Nc2sc(C#N)c(N)c2C1c1ccc(OC)c(OC)c1. The molecule has 3 N–H and O–H groups in total. The van der Waals surface area contributed by atoms with Crippen molar-refractivity contribution in [1.29, 1.82) is 5.26 Å². The van der Waals surface area contributed by atoms with Crippen LogP contribution in [0.2, 0.25) is 0 Å². The van der Waals surface area contributed by atoms with Gasteiger partial charge in [0.1, 0.15) is 15.9 Å². The van der Waals surface area contributed by atoms with Gasteiger partial charge < -0.3 is 25.3 Å². The number of nitrogens with two attached hydrogens (primary N) is 1. The number of nitrogens with one attached hydrogen (secondary N) is 1. The molecule has 27 heavy (non-hydrogen) atoms. The molecular formula is C19H19N3O4S. The number of methoxy groups -OCH3 is 3. The third kappa shape index (κ3) is 2.96. The summed E-state index contributed by atoms with van der Waals surface area (Å²) < 4.78 is 15.7. The third-order valence-electron chi connectivity index (χ3n) is 4.51. The second kappa shape index (κ2) is 7.21. The molecule has 0 saturated heterocycles. The standard InChI is InChI=1S/C19H19N3O4S/c1-9-14(19(23)26-4)15(10-5-6-11(24-2)12(7-10)25-3)16-17(21)13(8-20)27-18(16)22-9/h5-7,15,22H,21H2,1-4H3. The minimum absolute atomic E-state index is 0.360. The second-order valence-corrected chi connectivity index (χ2v) is 6.92. The van der Waals surface area contributed by atoms with Gasteiger partial charge in [-0.2, -0.15) is 5.26 Å². The third-order valence-corrected chi connectivity index (χ3v) is 5.56. The number of nitrogen functional groups attached to an aromatic ring is 1. The molecule has 0 amide bonds. The van der Waals surface area contributed by atoms with Crippen molar-refractivity contribution < 1.29 is 19.0 Å². The van der Waals surface area contributed by atoms with Crippen molar-refractivity contribution in [2.75, 3.05) is 32.4 Å². The van der Waals surface area contributed by atoms with Crippen molar-refractivity contribution >= 4 is 28.0 Å². The first-order valence-electron chi connectivity index (χ1n) is 8.07. The summed E-state index contributed by atoms with van der Waals surface area (Å²) in [4.78, 5) is 13.0. The highest BCUT2D eigenvalue weighted by molar-refractivity contribution is 7.17. The summed E-state index contributed by atoms with van der Waals surface area (Å²) in [6, 6.07) is 7.54. The lowest BCUT2D eigenvalue weighted by atomic mass is 9.82. The molecular weight excluding hydrogens is 366 g/mol. The summed E-state index contributed by atoms with van der Waals surface area (Å²) in [5.74, 6) is 0.152. The molecule has 0 bridgehead atoms. The molecule has 0 aliphatic carbocycles. The van der Waals surface area contributed by atoms with Crippen molar-refractivity contribution in [2.45, 2.75) is 12.8 Å². The number of carbonyl (C=O) groups excluding carboxylic acids is 1. The largest absolute Gasteiger partial charge is 0.493 e. The Morgan fingerprint density at radius 2 is 1.96 bits per heavy atom. The number of rotatable bonds is 4. The van der Waals surface area contributed by atoms with Gasteiger partial charge in [0.05, 0.1) is 32.6 Å². The molecule has 7 nitrogen and oxygen atoms in total. The molecule has 2 heterocycles. The Morgan fingerprint density at radius 1 is 1.26 bits per heavy atom. The van der Waals surface area contributed by atoms with Crippen LogP contribution in [0.15, 0.2) is 29.5 Å². The molecule has 0 fully saturated rings. The maximum Gasteiger partial charge on any atom is 0.336 e. The summed E-state index contributed by atoms with van der Waals surface area (Å²) in [5.41, 5.74) is 9.18. The number of nitrogens with zero attached hydrogens (tertiary/aromatic N) is 1. The number of carbonyl (C=O) groups is 1. The first kappa shape index (κ1) is 18.6. The van der Waals surface area contributed by atoms with Crippen LogP contribution in [-0.2, 0) is 9.53 Å². The summed E-state index contributed by atoms with van der Waals surface area (Å²) >= 11 is 1.26. The Bertz CT molecular complexity index is 988. The molecule has 1 aliphatic heterocycles. The van der Waals surface area contributed by atoms with Crippen molar-refractivity contribution in [3.63, 3.8) is 0 Å². The molecule has 1 aromatic carbocycles. The van der Waals surface area contributed by atoms with Crippen LogP contribution in [0.5, 0.6) is 11.5 Å². The minimum Gasteiger partial charge on any atom is -0.493 e. The lowest BCUT2D eigenvalue weighted by Crippen LogP contribution is -2.23. The van der Waals surface area contributed by atoms with E-state index in [9.17, 15) is 10.1 Å². The molecule has 0 spiro atoms. The quantitative estimate of drug-likeness (QED) is 0.778. The fourth-order valence-electron chi connectivity index (χ4n) is 3.26. The normalized spacial score (nSPS) is 15.4. The van der Waals surface area contributed by atoms with E-state index < -0.39 is 11.9 Å². The van der Waals surface area contributed by atoms with Crippen LogP contribution < -0.4 is 20.5 Å². The Labute approximate surface area is 161 Å². The predicted molar refractivity (Wildman–Crippen MR) is 103 cm³/mol. The van der Waals surface area contributed by atoms with E-state index in [1.165, 1.54) is 18.4 Å². The molecule has 8 heteroatoms. The van der Waals surface area contributed by atoms with Gasteiger partial charge in [-0.05, 0) is 24.6 Å². The maximum absolute atomic E-state index is 12.6. The lowest BCUT2D eigenvalue weighted by Gasteiger charge is -2.28. The van der Waals surface area contributed by atoms with E-state index in [1.54, 1.807) is 33.3 Å². The van der Waals surface area contributed by atoms with Crippen LogP contribution in [0.3, 0.4) is 0 Å². The molecule has 0 radical (unpaired) electrons. The summed E-state index contributed by atoms with van der Waals surface area (Å²) in [5, 5.41) is 13.3. The second-order valence-electron chi connectivity index (χ2n) is 5.90. The summed E-state index contributed by atoms with van der Waals surface area (Å²) in [6.45, 7) is 1.80. The van der Waals surface area contributed by atoms with E-state index in [1.807, 2.05) is 6.07 Å². The van der Waals surface area contributed by atoms with Crippen LogP contribution in [0.1, 0.15) is 28.8 Å². The van der Waals surface area contributed by atoms with Crippen LogP contribution in [0.25, 0.3) is 0 Å². The zero-order valence-corrected chi connectivity index (χ0v) is 16.2. The van der Waals surface area contributed by atoms with Gasteiger partial charge in [-0.15, -0.1) is 11.3 Å². The van der Waals surface area contributed by atoms with Crippen LogP contribution in [-0.4, -0.2) is 27.3 Å². The van der Waals surface area contributed by atoms with E-state index >= 15 is 0 Å². The number of nitriles is 1. The zero-order chi connectivity index (χ0) is 19.7. The number of esters is 1. The lowest BCUT2D eigenvalue weighted by molar-refractivity contribution is -0.136. The first-order valence-corrected chi connectivity index (χ1v) is 8.88. The zero-order valence-electron chi connectivity index (χ0n) is 15.4. The van der Waals surface area contributed by atoms with Crippen LogP contribution in [0, 0.1) is 11.3 Å². The number of allylic oxidation sites excluding steroid dienone is 1.